The normalized spacial score (nSPS) is 18.2. The maximum atomic E-state index is 13.1. The van der Waals surface area contributed by atoms with Gasteiger partial charge in [-0.2, -0.15) is 18.3 Å². The zero-order valence-corrected chi connectivity index (χ0v) is 17.6. The Morgan fingerprint density at radius 2 is 1.87 bits per heavy atom. The number of alkyl halides is 3. The fraction of sp³-hybridized carbons (Fsp3) is 0.200. The van der Waals surface area contributed by atoms with E-state index in [9.17, 15) is 22.8 Å². The Balaban J connectivity index is 1.63. The molecule has 1 aliphatic heterocycles. The van der Waals surface area contributed by atoms with Crippen molar-refractivity contribution in [2.24, 2.45) is 10.2 Å². The molecule has 3 rings (SSSR count). The minimum atomic E-state index is -4.61. The fourth-order valence-electron chi connectivity index (χ4n) is 2.66. The van der Waals surface area contributed by atoms with Crippen molar-refractivity contribution >= 4 is 51.7 Å². The molecule has 0 bridgehead atoms. The number of hydrogen-bond donors (Lipinski definition) is 2. The van der Waals surface area contributed by atoms with Crippen LogP contribution in [0.3, 0.4) is 0 Å². The van der Waals surface area contributed by atoms with E-state index < -0.39 is 28.8 Å². The lowest BCUT2D eigenvalue weighted by molar-refractivity contribution is -0.137. The first-order chi connectivity index (χ1) is 14.6. The van der Waals surface area contributed by atoms with Crippen molar-refractivity contribution in [3.63, 3.8) is 0 Å². The molecule has 0 radical (unpaired) electrons. The van der Waals surface area contributed by atoms with E-state index in [1.54, 1.807) is 31.2 Å². The van der Waals surface area contributed by atoms with E-state index in [2.05, 4.69) is 20.8 Å². The monoisotopic (exact) mass is 468 g/mol. The highest BCUT2D eigenvalue weighted by atomic mass is 35.5. The van der Waals surface area contributed by atoms with Gasteiger partial charge in [-0.25, -0.2) is 0 Å². The minimum Gasteiger partial charge on any atom is -0.325 e. The van der Waals surface area contributed by atoms with E-state index in [-0.39, 0.29) is 17.3 Å². The van der Waals surface area contributed by atoms with Crippen LogP contribution in [0.25, 0.3) is 0 Å². The van der Waals surface area contributed by atoms with Gasteiger partial charge in [0.25, 0.3) is 0 Å². The summed E-state index contributed by atoms with van der Waals surface area (Å²) in [5, 5.41) is 12.7. The highest BCUT2D eigenvalue weighted by Gasteiger charge is 2.35. The maximum Gasteiger partial charge on any atom is 0.418 e. The molecular formula is C20H16ClF3N4O2S. The zero-order valence-electron chi connectivity index (χ0n) is 16.0. The molecule has 1 saturated heterocycles. The van der Waals surface area contributed by atoms with Crippen LogP contribution in [0.2, 0.25) is 5.02 Å². The molecule has 1 unspecified atom stereocenters. The average Bonchev–Trinajstić information content (AvgIpc) is 3.05. The van der Waals surface area contributed by atoms with Crippen molar-refractivity contribution in [3.8, 4) is 0 Å². The standard InChI is InChI=1S/C20H16ClF3N4O2S/c1-11(12-6-8-13(21)9-7-12)27-28-19-26-18(30)16(31-19)10-17(29)25-15-5-3-2-4-14(15)20(22,23)24/h2-9,16H,10H2,1H3,(H,25,29)(H,26,28,30)/b27-11+. The number of benzene rings is 2. The van der Waals surface area contributed by atoms with Gasteiger partial charge in [0.05, 0.1) is 17.0 Å². The summed E-state index contributed by atoms with van der Waals surface area (Å²) >= 11 is 6.83. The van der Waals surface area contributed by atoms with Crippen LogP contribution in [0.5, 0.6) is 0 Å². The third-order valence-corrected chi connectivity index (χ3v) is 5.53. The second-order valence-electron chi connectivity index (χ2n) is 6.49. The summed E-state index contributed by atoms with van der Waals surface area (Å²) < 4.78 is 39.2. The largest absolute Gasteiger partial charge is 0.418 e. The lowest BCUT2D eigenvalue weighted by Crippen LogP contribution is -2.28. The van der Waals surface area contributed by atoms with Crippen LogP contribution < -0.4 is 10.6 Å². The Morgan fingerprint density at radius 1 is 1.19 bits per heavy atom. The molecule has 2 aromatic carbocycles. The highest BCUT2D eigenvalue weighted by Crippen LogP contribution is 2.34. The van der Waals surface area contributed by atoms with Gasteiger partial charge in [0, 0.05) is 11.4 Å². The molecule has 0 saturated carbocycles. The zero-order chi connectivity index (χ0) is 22.6. The lowest BCUT2D eigenvalue weighted by Gasteiger charge is -2.14. The first kappa shape index (κ1) is 22.8. The Hall–Kier alpha value is -2.85. The van der Waals surface area contributed by atoms with E-state index >= 15 is 0 Å². The molecule has 2 N–H and O–H groups in total. The van der Waals surface area contributed by atoms with Crippen molar-refractivity contribution in [2.45, 2.75) is 24.8 Å². The van der Waals surface area contributed by atoms with Gasteiger partial charge in [0.15, 0.2) is 5.17 Å². The third-order valence-electron chi connectivity index (χ3n) is 4.21. The van der Waals surface area contributed by atoms with Gasteiger partial charge >= 0.3 is 6.18 Å². The summed E-state index contributed by atoms with van der Waals surface area (Å²) in [5.74, 6) is -1.19. The van der Waals surface area contributed by atoms with Gasteiger partial charge in [-0.05, 0) is 36.8 Å². The molecule has 1 atom stereocenters. The van der Waals surface area contributed by atoms with Crippen molar-refractivity contribution in [1.82, 2.24) is 5.32 Å². The Labute approximate surface area is 185 Å². The molecule has 1 heterocycles. The number of carbonyl (C=O) groups excluding carboxylic acids is 2. The summed E-state index contributed by atoms with van der Waals surface area (Å²) in [6.45, 7) is 1.73. The molecule has 6 nitrogen and oxygen atoms in total. The van der Waals surface area contributed by atoms with Gasteiger partial charge in [0.1, 0.15) is 5.25 Å². The SMILES string of the molecule is C/C(=N\N=C1/NC(=O)C(CC(=O)Nc2ccccc2C(F)(F)F)S1)c1ccc(Cl)cc1. The van der Waals surface area contributed by atoms with Crippen molar-refractivity contribution in [2.75, 3.05) is 5.32 Å². The maximum absolute atomic E-state index is 13.1. The second-order valence-corrected chi connectivity index (χ2v) is 8.12. The van der Waals surface area contributed by atoms with Crippen LogP contribution in [-0.2, 0) is 15.8 Å². The number of rotatable bonds is 5. The Bertz CT molecular complexity index is 1060. The van der Waals surface area contributed by atoms with E-state index in [1.807, 2.05) is 0 Å². The molecule has 2 aromatic rings. The van der Waals surface area contributed by atoms with Crippen LogP contribution in [-0.4, -0.2) is 27.9 Å². The van der Waals surface area contributed by atoms with Crippen LogP contribution in [0, 0.1) is 0 Å². The molecule has 1 fully saturated rings. The number of hydrogen-bond acceptors (Lipinski definition) is 5. The number of para-hydroxylation sites is 1. The first-order valence-corrected chi connectivity index (χ1v) is 10.2. The summed E-state index contributed by atoms with van der Waals surface area (Å²) in [6.07, 6.45) is -4.93. The van der Waals surface area contributed by atoms with Crippen LogP contribution >= 0.6 is 23.4 Å². The Morgan fingerprint density at radius 3 is 2.55 bits per heavy atom. The minimum absolute atomic E-state index is 0.201. The predicted octanol–water partition coefficient (Wildman–Crippen LogP) is 4.70. The molecule has 2 amide bonds. The number of thioether (sulfide) groups is 1. The van der Waals surface area contributed by atoms with Gasteiger partial charge < -0.3 is 10.6 Å². The van der Waals surface area contributed by atoms with Gasteiger partial charge in [-0.1, -0.05) is 47.6 Å². The number of nitrogens with one attached hydrogen (secondary N) is 2. The molecule has 11 heteroatoms. The molecule has 1 aliphatic rings. The Kier molecular flexibility index (Phi) is 7.01. The lowest BCUT2D eigenvalue weighted by atomic mass is 10.1. The van der Waals surface area contributed by atoms with E-state index in [0.717, 1.165) is 29.5 Å². The van der Waals surface area contributed by atoms with Gasteiger partial charge in [-0.15, -0.1) is 5.10 Å². The number of amidine groups is 1. The molecular weight excluding hydrogens is 453 g/mol. The van der Waals surface area contributed by atoms with Crippen molar-refractivity contribution in [3.05, 3.63) is 64.7 Å². The summed E-state index contributed by atoms with van der Waals surface area (Å²) in [5.41, 5.74) is 0.0629. The molecule has 0 aliphatic carbocycles. The predicted molar refractivity (Wildman–Crippen MR) is 115 cm³/mol. The fourth-order valence-corrected chi connectivity index (χ4v) is 3.71. The topological polar surface area (TPSA) is 82.9 Å². The number of halogens is 4. The van der Waals surface area contributed by atoms with Gasteiger partial charge in [-0.3, -0.25) is 9.59 Å². The van der Waals surface area contributed by atoms with Gasteiger partial charge in [0.2, 0.25) is 11.8 Å². The van der Waals surface area contributed by atoms with Crippen LogP contribution in [0.15, 0.2) is 58.7 Å². The molecule has 0 spiro atoms. The summed E-state index contributed by atoms with van der Waals surface area (Å²) in [6, 6.07) is 11.6. The average molecular weight is 469 g/mol. The number of anilines is 1. The molecule has 162 valence electrons. The first-order valence-electron chi connectivity index (χ1n) is 8.95. The number of carbonyl (C=O) groups is 2. The summed E-state index contributed by atoms with van der Waals surface area (Å²) in [4.78, 5) is 24.3. The van der Waals surface area contributed by atoms with E-state index in [4.69, 9.17) is 11.6 Å². The smallest absolute Gasteiger partial charge is 0.325 e. The third kappa shape index (κ3) is 6.08. The van der Waals surface area contributed by atoms with E-state index in [0.29, 0.717) is 10.7 Å². The molecule has 0 aromatic heterocycles. The second kappa shape index (κ2) is 9.52. The summed E-state index contributed by atoms with van der Waals surface area (Å²) in [7, 11) is 0. The van der Waals surface area contributed by atoms with E-state index in [1.165, 1.54) is 12.1 Å². The highest BCUT2D eigenvalue weighted by molar-refractivity contribution is 8.15. The number of nitrogens with zero attached hydrogens (tertiary/aromatic N) is 2. The van der Waals surface area contributed by atoms with Crippen LogP contribution in [0.1, 0.15) is 24.5 Å². The quantitative estimate of drug-likeness (QED) is 0.493. The molecule has 31 heavy (non-hydrogen) atoms. The van der Waals surface area contributed by atoms with Crippen molar-refractivity contribution < 1.29 is 22.8 Å². The van der Waals surface area contributed by atoms with Crippen LogP contribution in [0.4, 0.5) is 18.9 Å². The van der Waals surface area contributed by atoms with Crippen molar-refractivity contribution in [1.29, 1.82) is 0 Å². The number of amides is 2.